The first-order valence-corrected chi connectivity index (χ1v) is 19.9. The highest BCUT2D eigenvalue weighted by atomic mass is 32.2. The number of pyridine rings is 1. The van der Waals surface area contributed by atoms with Crippen molar-refractivity contribution in [3.05, 3.63) is 161 Å². The van der Waals surface area contributed by atoms with Gasteiger partial charge in [-0.25, -0.2) is 29.3 Å². The van der Waals surface area contributed by atoms with Crippen LogP contribution >= 0.6 is 0 Å². The Kier molecular flexibility index (Phi) is 9.33. The number of hydrogen-bond acceptors (Lipinski definition) is 4. The van der Waals surface area contributed by atoms with Crippen LogP contribution in [-0.4, -0.2) is 24.8 Å². The van der Waals surface area contributed by atoms with Crippen LogP contribution in [0, 0.1) is 37.5 Å². The predicted molar refractivity (Wildman–Crippen MR) is 205 cm³/mol. The molecule has 0 radical (unpaired) electrons. The van der Waals surface area contributed by atoms with E-state index in [0.29, 0.717) is 33.3 Å². The zero-order valence-corrected chi connectivity index (χ0v) is 30.7. The summed E-state index contributed by atoms with van der Waals surface area (Å²) >= 11 is 0. The van der Waals surface area contributed by atoms with E-state index in [9.17, 15) is 16.8 Å². The van der Waals surface area contributed by atoms with Crippen molar-refractivity contribution in [1.29, 1.82) is 0 Å². The molecule has 0 unspecified atom stereocenters. The number of para-hydroxylation sites is 2. The number of nitrogens with zero attached hydrogens (tertiary/aromatic N) is 3. The minimum Gasteiger partial charge on any atom is -0.240 e. The predicted octanol–water partition coefficient (Wildman–Crippen LogP) is 7.57. The van der Waals surface area contributed by atoms with Crippen molar-refractivity contribution < 1.29 is 21.4 Å². The van der Waals surface area contributed by atoms with Crippen LogP contribution in [0.3, 0.4) is 0 Å². The van der Waals surface area contributed by atoms with Gasteiger partial charge in [-0.05, 0) is 56.3 Å². The second kappa shape index (κ2) is 14.0. The third-order valence-electron chi connectivity index (χ3n) is 8.89. The van der Waals surface area contributed by atoms with E-state index in [1.54, 1.807) is 73.1 Å². The summed E-state index contributed by atoms with van der Waals surface area (Å²) in [6.45, 7) is 6.73. The van der Waals surface area contributed by atoms with Crippen LogP contribution in [0.1, 0.15) is 53.1 Å². The zero-order chi connectivity index (χ0) is 36.5. The van der Waals surface area contributed by atoms with Crippen LogP contribution in [0.4, 0.5) is 0 Å². The van der Waals surface area contributed by atoms with Gasteiger partial charge in [-0.3, -0.25) is 0 Å². The molecule has 7 aromatic rings. The summed E-state index contributed by atoms with van der Waals surface area (Å²) < 4.78 is 59.5. The Bertz CT molecular complexity index is 2640. The average Bonchev–Trinajstić information content (AvgIpc) is 3.72. The van der Waals surface area contributed by atoms with E-state index in [1.165, 1.54) is 7.94 Å². The fourth-order valence-corrected chi connectivity index (χ4v) is 8.81. The van der Waals surface area contributed by atoms with Crippen LogP contribution in [0.25, 0.3) is 21.8 Å². The Balaban J connectivity index is 1.28. The lowest BCUT2D eigenvalue weighted by Crippen LogP contribution is -2.33. The molecule has 0 atom stereocenters. The standard InChI is InChI=1S/C43H36N3O4S2/c1-4-5-26-44-28-34(18-20-36-30-45(42-12-8-6-10-40(36)42)51(47,48)38-22-14-32(2)15-23-38)27-35(29-44)19-21-37-31-46(43-13-9-7-11-41(37)43)52(49,50)39-24-16-33(3)17-25-39/h6-17,22-25,27-31H,4-5,26H2,1-3H3/q+1. The molecule has 0 N–H and O–H groups in total. The van der Waals surface area contributed by atoms with Crippen molar-refractivity contribution in [2.45, 2.75) is 49.9 Å². The molecule has 4 aromatic carbocycles. The van der Waals surface area contributed by atoms with Crippen LogP contribution in [0.2, 0.25) is 0 Å². The molecule has 0 spiro atoms. The molecule has 0 aliphatic heterocycles. The maximum Gasteiger partial charge on any atom is 0.268 e. The Hall–Kier alpha value is -5.87. The average molecular weight is 723 g/mol. The van der Waals surface area contributed by atoms with E-state index < -0.39 is 20.0 Å². The van der Waals surface area contributed by atoms with E-state index in [0.717, 1.165) is 41.3 Å². The molecule has 3 aromatic heterocycles. The Morgan fingerprint density at radius 2 is 1.00 bits per heavy atom. The third kappa shape index (κ3) is 6.77. The summed E-state index contributed by atoms with van der Waals surface area (Å²) in [4.78, 5) is 0.412. The van der Waals surface area contributed by atoms with Gasteiger partial charge in [0.1, 0.15) is 6.54 Å². The molecule has 0 bridgehead atoms. The number of fused-ring (bicyclic) bond motifs is 2. The van der Waals surface area contributed by atoms with Crippen LogP contribution in [-0.2, 0) is 26.6 Å². The van der Waals surface area contributed by atoms with Gasteiger partial charge in [-0.1, -0.05) is 109 Å². The van der Waals surface area contributed by atoms with E-state index in [4.69, 9.17) is 0 Å². The van der Waals surface area contributed by atoms with Crippen LogP contribution in [0.5, 0.6) is 0 Å². The van der Waals surface area contributed by atoms with Crippen molar-refractivity contribution in [2.75, 3.05) is 0 Å². The van der Waals surface area contributed by atoms with E-state index in [-0.39, 0.29) is 9.79 Å². The second-order valence-electron chi connectivity index (χ2n) is 12.8. The topological polar surface area (TPSA) is 82.0 Å². The van der Waals surface area contributed by atoms with Gasteiger partial charge in [0.05, 0.1) is 43.1 Å². The molecule has 0 saturated carbocycles. The smallest absolute Gasteiger partial charge is 0.240 e. The summed E-state index contributed by atoms with van der Waals surface area (Å²) in [5.41, 5.74) is 5.65. The lowest BCUT2D eigenvalue weighted by atomic mass is 10.1. The number of unbranched alkanes of at least 4 members (excludes halogenated alkanes) is 1. The van der Waals surface area contributed by atoms with Crippen molar-refractivity contribution in [3.63, 3.8) is 0 Å². The molecule has 7 rings (SSSR count). The molecule has 7 nitrogen and oxygen atoms in total. The molecule has 0 amide bonds. The monoisotopic (exact) mass is 722 g/mol. The van der Waals surface area contributed by atoms with Crippen LogP contribution < -0.4 is 4.57 Å². The number of rotatable bonds is 7. The Morgan fingerprint density at radius 3 is 1.42 bits per heavy atom. The molecule has 0 aliphatic carbocycles. The van der Waals surface area contributed by atoms with Gasteiger partial charge in [-0.15, -0.1) is 0 Å². The first-order chi connectivity index (χ1) is 25.0. The fourth-order valence-electron chi connectivity index (χ4n) is 6.07. The first kappa shape index (κ1) is 34.6. The van der Waals surface area contributed by atoms with Crippen molar-refractivity contribution in [1.82, 2.24) is 7.94 Å². The third-order valence-corrected chi connectivity index (χ3v) is 12.3. The number of aryl methyl sites for hydroxylation is 3. The minimum absolute atomic E-state index is 0.206. The van der Waals surface area contributed by atoms with Gasteiger partial charge >= 0.3 is 0 Å². The van der Waals surface area contributed by atoms with Crippen LogP contribution in [0.15, 0.2) is 138 Å². The SMILES string of the molecule is CCCC[n+]1cc(C#Cc2cn(S(=O)(=O)c3ccc(C)cc3)c3ccccc23)cc(C#Cc2cn(S(=O)(=O)c3ccc(C)cc3)c3ccccc23)c1. The molecular weight excluding hydrogens is 687 g/mol. The van der Waals surface area contributed by atoms with Gasteiger partial charge in [-0.2, -0.15) is 0 Å². The normalized spacial score (nSPS) is 11.6. The first-order valence-electron chi connectivity index (χ1n) is 17.0. The van der Waals surface area contributed by atoms with E-state index in [1.807, 2.05) is 68.7 Å². The maximum atomic E-state index is 13.7. The van der Waals surface area contributed by atoms with Crippen molar-refractivity contribution in [3.8, 4) is 23.7 Å². The minimum atomic E-state index is -3.86. The quantitative estimate of drug-likeness (QED) is 0.126. The summed E-state index contributed by atoms with van der Waals surface area (Å²) in [5, 5.41) is 1.47. The number of aromatic nitrogens is 3. The molecule has 9 heteroatoms. The zero-order valence-electron chi connectivity index (χ0n) is 29.0. The molecule has 3 heterocycles. The summed E-state index contributed by atoms with van der Waals surface area (Å²) in [6, 6.07) is 30.2. The second-order valence-corrected chi connectivity index (χ2v) is 16.4. The van der Waals surface area contributed by atoms with Gasteiger partial charge in [0.2, 0.25) is 0 Å². The van der Waals surface area contributed by atoms with E-state index >= 15 is 0 Å². The molecule has 0 fully saturated rings. The van der Waals surface area contributed by atoms with Crippen molar-refractivity contribution in [2.24, 2.45) is 0 Å². The lowest BCUT2D eigenvalue weighted by Gasteiger charge is -2.07. The van der Waals surface area contributed by atoms with E-state index in [2.05, 4.69) is 35.2 Å². The maximum absolute atomic E-state index is 13.7. The van der Waals surface area contributed by atoms with Gasteiger partial charge in [0.25, 0.3) is 20.0 Å². The molecule has 0 aliphatic rings. The van der Waals surface area contributed by atoms with Gasteiger partial charge in [0.15, 0.2) is 12.4 Å². The largest absolute Gasteiger partial charge is 0.268 e. The fraction of sp³-hybridized carbons (Fsp3) is 0.140. The Labute approximate surface area is 304 Å². The molecule has 258 valence electrons. The summed E-state index contributed by atoms with van der Waals surface area (Å²) in [7, 11) is -7.71. The van der Waals surface area contributed by atoms with Crippen molar-refractivity contribution >= 4 is 41.9 Å². The number of hydrogen-bond donors (Lipinski definition) is 0. The highest BCUT2D eigenvalue weighted by Crippen LogP contribution is 2.27. The highest BCUT2D eigenvalue weighted by Gasteiger charge is 2.22. The van der Waals surface area contributed by atoms with Gasteiger partial charge < -0.3 is 0 Å². The molecule has 0 saturated heterocycles. The highest BCUT2D eigenvalue weighted by molar-refractivity contribution is 7.90. The lowest BCUT2D eigenvalue weighted by molar-refractivity contribution is -0.697. The van der Waals surface area contributed by atoms with Gasteiger partial charge in [0, 0.05) is 29.6 Å². The molecular formula is C43H36N3O4S2+. The summed E-state index contributed by atoms with van der Waals surface area (Å²) in [5.74, 6) is 13.0. The molecule has 52 heavy (non-hydrogen) atoms. The number of benzene rings is 4. The Morgan fingerprint density at radius 1 is 0.577 bits per heavy atom. The summed E-state index contributed by atoms with van der Waals surface area (Å²) in [6.07, 6.45) is 9.08.